The minimum atomic E-state index is -0.136. The minimum absolute atomic E-state index is 0.0694. The number of phenolic OH excluding ortho intramolecular Hbond substituents is 1. The maximum atomic E-state index is 12.5. The summed E-state index contributed by atoms with van der Waals surface area (Å²) in [5.74, 6) is 0.715. The SMILES string of the molecule is COc1ccc(CN2CCc3c(nc(-c4cncnc4)[nH]c3=O)C2)c(Cl)c1O. The first-order valence-electron chi connectivity index (χ1n) is 8.71. The van der Waals surface area contributed by atoms with E-state index in [0.717, 1.165) is 11.3 Å². The molecule has 0 spiro atoms. The maximum absolute atomic E-state index is 12.5. The van der Waals surface area contributed by atoms with E-state index in [1.807, 2.05) is 6.07 Å². The molecule has 1 aromatic carbocycles. The van der Waals surface area contributed by atoms with Gasteiger partial charge in [-0.05, 0) is 18.1 Å². The van der Waals surface area contributed by atoms with Crippen LogP contribution in [0, 0.1) is 0 Å². The molecule has 0 fully saturated rings. The predicted octanol–water partition coefficient (Wildman–Crippen LogP) is 2.15. The normalized spacial score (nSPS) is 13.9. The fourth-order valence-electron chi connectivity index (χ4n) is 3.30. The number of halogens is 1. The fourth-order valence-corrected chi connectivity index (χ4v) is 3.52. The van der Waals surface area contributed by atoms with Crippen LogP contribution in [0.15, 0.2) is 35.6 Å². The molecule has 0 unspecified atom stereocenters. The molecule has 2 aromatic heterocycles. The van der Waals surface area contributed by atoms with Crippen molar-refractivity contribution in [1.82, 2.24) is 24.8 Å². The number of ether oxygens (including phenoxy) is 1. The third-order valence-corrected chi connectivity index (χ3v) is 5.18. The molecular weight excluding hydrogens is 382 g/mol. The molecule has 0 saturated heterocycles. The van der Waals surface area contributed by atoms with Crippen molar-refractivity contribution in [2.45, 2.75) is 19.5 Å². The molecule has 0 bridgehead atoms. The number of nitrogens with zero attached hydrogens (tertiary/aromatic N) is 4. The molecule has 28 heavy (non-hydrogen) atoms. The molecule has 1 aliphatic rings. The van der Waals surface area contributed by atoms with Crippen LogP contribution in [0.25, 0.3) is 11.4 Å². The number of methoxy groups -OCH3 is 1. The summed E-state index contributed by atoms with van der Waals surface area (Å²) in [4.78, 5) is 30.0. The number of hydrogen-bond acceptors (Lipinski definition) is 7. The van der Waals surface area contributed by atoms with Crippen molar-refractivity contribution in [2.24, 2.45) is 0 Å². The molecule has 3 aromatic rings. The second-order valence-corrected chi connectivity index (χ2v) is 6.90. The highest BCUT2D eigenvalue weighted by molar-refractivity contribution is 6.33. The Morgan fingerprint density at radius 2 is 2.11 bits per heavy atom. The van der Waals surface area contributed by atoms with Crippen molar-refractivity contribution < 1.29 is 9.84 Å². The van der Waals surface area contributed by atoms with Gasteiger partial charge in [0, 0.05) is 37.6 Å². The molecule has 8 nitrogen and oxygen atoms in total. The second-order valence-electron chi connectivity index (χ2n) is 6.52. The monoisotopic (exact) mass is 399 g/mol. The summed E-state index contributed by atoms with van der Waals surface area (Å²) in [5, 5.41) is 10.4. The molecule has 2 N–H and O–H groups in total. The van der Waals surface area contributed by atoms with E-state index in [1.165, 1.54) is 13.4 Å². The Morgan fingerprint density at radius 3 is 2.86 bits per heavy atom. The summed E-state index contributed by atoms with van der Waals surface area (Å²) in [7, 11) is 1.48. The Labute approximate surface area is 165 Å². The smallest absolute Gasteiger partial charge is 0.254 e. The van der Waals surface area contributed by atoms with E-state index in [-0.39, 0.29) is 16.3 Å². The number of hydrogen-bond donors (Lipinski definition) is 2. The third-order valence-electron chi connectivity index (χ3n) is 4.76. The highest BCUT2D eigenvalue weighted by Crippen LogP contribution is 2.37. The number of phenols is 1. The molecule has 0 radical (unpaired) electrons. The first-order chi connectivity index (χ1) is 13.6. The van der Waals surface area contributed by atoms with E-state index in [1.54, 1.807) is 18.5 Å². The Balaban J connectivity index is 1.60. The van der Waals surface area contributed by atoms with Gasteiger partial charge in [-0.15, -0.1) is 0 Å². The molecule has 0 saturated carbocycles. The van der Waals surface area contributed by atoms with Crippen LogP contribution in [0.5, 0.6) is 11.5 Å². The Kier molecular flexibility index (Phi) is 4.97. The number of fused-ring (bicyclic) bond motifs is 1. The number of nitrogens with one attached hydrogen (secondary N) is 1. The standard InChI is InChI=1S/C19H18ClN5O3/c1-28-15-3-2-11(16(20)17(15)26)8-25-5-4-13-14(9-25)23-18(24-19(13)27)12-6-21-10-22-7-12/h2-3,6-7,10,26H,4-5,8-9H2,1H3,(H,23,24,27). The second kappa shape index (κ2) is 7.57. The van der Waals surface area contributed by atoms with Crippen molar-refractivity contribution in [1.29, 1.82) is 0 Å². The van der Waals surface area contributed by atoms with Crippen LogP contribution in [0.3, 0.4) is 0 Å². The van der Waals surface area contributed by atoms with Gasteiger partial charge in [0.15, 0.2) is 11.5 Å². The van der Waals surface area contributed by atoms with Crippen LogP contribution in [-0.4, -0.2) is 43.6 Å². The van der Waals surface area contributed by atoms with Gasteiger partial charge in [0.05, 0.1) is 23.4 Å². The third kappa shape index (κ3) is 3.44. The van der Waals surface area contributed by atoms with Crippen molar-refractivity contribution in [3.05, 3.63) is 63.1 Å². The number of H-pyrrole nitrogens is 1. The summed E-state index contributed by atoms with van der Waals surface area (Å²) in [6, 6.07) is 3.51. The van der Waals surface area contributed by atoms with E-state index < -0.39 is 0 Å². The summed E-state index contributed by atoms with van der Waals surface area (Å²) >= 11 is 6.29. The van der Waals surface area contributed by atoms with Gasteiger partial charge in [-0.2, -0.15) is 0 Å². The molecule has 3 heterocycles. The topological polar surface area (TPSA) is 104 Å². The first kappa shape index (κ1) is 18.4. The molecule has 0 aliphatic carbocycles. The van der Waals surface area contributed by atoms with Crippen LogP contribution in [-0.2, 0) is 19.5 Å². The highest BCUT2D eigenvalue weighted by Gasteiger charge is 2.23. The van der Waals surface area contributed by atoms with Crippen LogP contribution in [0.4, 0.5) is 0 Å². The number of rotatable bonds is 4. The van der Waals surface area contributed by atoms with Crippen molar-refractivity contribution in [3.63, 3.8) is 0 Å². The lowest BCUT2D eigenvalue weighted by atomic mass is 10.0. The zero-order chi connectivity index (χ0) is 19.7. The van der Waals surface area contributed by atoms with Gasteiger partial charge in [0.25, 0.3) is 5.56 Å². The lowest BCUT2D eigenvalue weighted by Gasteiger charge is -2.28. The Morgan fingerprint density at radius 1 is 1.32 bits per heavy atom. The van der Waals surface area contributed by atoms with E-state index in [9.17, 15) is 9.90 Å². The number of benzene rings is 1. The molecule has 0 amide bonds. The van der Waals surface area contributed by atoms with E-state index in [0.29, 0.717) is 48.8 Å². The lowest BCUT2D eigenvalue weighted by molar-refractivity contribution is 0.240. The van der Waals surface area contributed by atoms with Gasteiger partial charge in [-0.3, -0.25) is 9.69 Å². The maximum Gasteiger partial charge on any atom is 0.254 e. The minimum Gasteiger partial charge on any atom is -0.503 e. The van der Waals surface area contributed by atoms with Crippen molar-refractivity contribution >= 4 is 11.6 Å². The van der Waals surface area contributed by atoms with Crippen LogP contribution in [0.2, 0.25) is 5.02 Å². The molecule has 4 rings (SSSR count). The quantitative estimate of drug-likeness (QED) is 0.692. The van der Waals surface area contributed by atoms with E-state index in [4.69, 9.17) is 16.3 Å². The van der Waals surface area contributed by atoms with Gasteiger partial charge in [-0.25, -0.2) is 15.0 Å². The molecular formula is C19H18ClN5O3. The van der Waals surface area contributed by atoms with Crippen LogP contribution < -0.4 is 10.3 Å². The summed E-state index contributed by atoms with van der Waals surface area (Å²) < 4.78 is 5.08. The zero-order valence-corrected chi connectivity index (χ0v) is 15.9. The van der Waals surface area contributed by atoms with Crippen molar-refractivity contribution in [2.75, 3.05) is 13.7 Å². The molecule has 144 valence electrons. The van der Waals surface area contributed by atoms with Crippen LogP contribution >= 0.6 is 11.6 Å². The average molecular weight is 400 g/mol. The number of aromatic hydroxyl groups is 1. The first-order valence-corrected chi connectivity index (χ1v) is 9.08. The Bertz CT molecular complexity index is 1070. The van der Waals surface area contributed by atoms with Gasteiger partial charge in [-0.1, -0.05) is 17.7 Å². The van der Waals surface area contributed by atoms with Gasteiger partial charge < -0.3 is 14.8 Å². The van der Waals surface area contributed by atoms with Gasteiger partial charge >= 0.3 is 0 Å². The lowest BCUT2D eigenvalue weighted by Crippen LogP contribution is -2.35. The number of aromatic amines is 1. The molecule has 0 atom stereocenters. The fraction of sp³-hybridized carbons (Fsp3) is 0.263. The summed E-state index contributed by atoms with van der Waals surface area (Å²) in [6.45, 7) is 1.71. The molecule has 1 aliphatic heterocycles. The average Bonchev–Trinajstić information content (AvgIpc) is 2.72. The molecule has 9 heteroatoms. The van der Waals surface area contributed by atoms with Crippen LogP contribution in [0.1, 0.15) is 16.8 Å². The number of aromatic nitrogens is 4. The zero-order valence-electron chi connectivity index (χ0n) is 15.1. The van der Waals surface area contributed by atoms with Crippen molar-refractivity contribution in [3.8, 4) is 22.9 Å². The van der Waals surface area contributed by atoms with Gasteiger partial charge in [0.1, 0.15) is 12.2 Å². The largest absolute Gasteiger partial charge is 0.503 e. The Hall–Kier alpha value is -2.97. The summed E-state index contributed by atoms with van der Waals surface area (Å²) in [6.07, 6.45) is 5.23. The van der Waals surface area contributed by atoms with E-state index >= 15 is 0 Å². The highest BCUT2D eigenvalue weighted by atomic mass is 35.5. The van der Waals surface area contributed by atoms with Gasteiger partial charge in [0.2, 0.25) is 0 Å². The predicted molar refractivity (Wildman–Crippen MR) is 103 cm³/mol. The summed E-state index contributed by atoms with van der Waals surface area (Å²) in [5.41, 5.74) is 2.72. The van der Waals surface area contributed by atoms with E-state index in [2.05, 4.69) is 24.8 Å².